The number of imidazole rings is 2. The molecule has 4 atom stereocenters. The Morgan fingerprint density at radius 2 is 1.58 bits per heavy atom. The number of carbonyl (C=O) groups is 3. The Labute approximate surface area is 311 Å². The van der Waals surface area contributed by atoms with Crippen LogP contribution in [-0.4, -0.2) is 73.4 Å². The molecule has 2 aromatic carbocycles. The van der Waals surface area contributed by atoms with Gasteiger partial charge in [0.15, 0.2) is 0 Å². The third-order valence-electron chi connectivity index (χ3n) is 11.7. The van der Waals surface area contributed by atoms with Gasteiger partial charge in [0.05, 0.1) is 42.1 Å². The maximum Gasteiger partial charge on any atom is 0.407 e. The summed E-state index contributed by atoms with van der Waals surface area (Å²) in [5, 5.41) is 2.78. The SMILES string of the molecule is COC(=O)N[C@H](C(=O)N1C2CCC(CC2)[C@H]1c1nc2ccc(C#Cc3ccc(-c4cnc([C@@H]5CCCN5C(=O)[C@@H](C)C(C)C)[nH]4)cc3)cc2[nH]1)C(C)C. The number of hydrogen-bond acceptors (Lipinski definition) is 6. The van der Waals surface area contributed by atoms with Crippen LogP contribution in [0.2, 0.25) is 0 Å². The molecule has 278 valence electrons. The summed E-state index contributed by atoms with van der Waals surface area (Å²) in [5.74, 6) is 8.83. The van der Waals surface area contributed by atoms with Crippen molar-refractivity contribution in [3.8, 4) is 23.1 Å². The first-order valence-corrected chi connectivity index (χ1v) is 19.2. The van der Waals surface area contributed by atoms with E-state index in [2.05, 4.69) is 41.0 Å². The molecule has 11 heteroatoms. The van der Waals surface area contributed by atoms with Gasteiger partial charge in [0.25, 0.3) is 0 Å². The standard InChI is InChI=1S/C42H51N7O4/c1-24(2)26(5)40(50)48-21-7-8-35(48)38-43-23-34(46-38)29-14-11-27(12-15-29)9-10-28-13-20-32-33(22-28)45-39(44-32)37-30-16-18-31(19-17-30)49(37)41(51)36(25(3)4)47-42(52)53-6/h11-15,20,22-26,30-31,35-37H,7-8,16-19,21H2,1-6H3,(H,43,46)(H,44,45)(H,47,52)/t26-,30?,31?,35-,36-,37-/m0/s1. The summed E-state index contributed by atoms with van der Waals surface area (Å²) in [6.45, 7) is 10.9. The van der Waals surface area contributed by atoms with Gasteiger partial charge in [-0.3, -0.25) is 9.59 Å². The highest BCUT2D eigenvalue weighted by molar-refractivity contribution is 5.87. The number of alkyl carbamates (subject to hydrolysis) is 1. The predicted octanol–water partition coefficient (Wildman–Crippen LogP) is 7.13. The molecule has 8 rings (SSSR count). The second-order valence-corrected chi connectivity index (χ2v) is 15.7. The van der Waals surface area contributed by atoms with Gasteiger partial charge in [-0.2, -0.15) is 0 Å². The topological polar surface area (TPSA) is 136 Å². The lowest BCUT2D eigenvalue weighted by molar-refractivity contribution is -0.149. The van der Waals surface area contributed by atoms with Crippen LogP contribution in [0.1, 0.15) is 108 Å². The molecule has 1 aliphatic carbocycles. The number of amides is 3. The van der Waals surface area contributed by atoms with E-state index in [0.29, 0.717) is 11.8 Å². The molecule has 0 spiro atoms. The Morgan fingerprint density at radius 3 is 2.28 bits per heavy atom. The molecule has 3 amide bonds. The zero-order valence-electron chi connectivity index (χ0n) is 31.6. The van der Waals surface area contributed by atoms with E-state index in [1.807, 2.05) is 79.2 Å². The maximum absolute atomic E-state index is 14.1. The summed E-state index contributed by atoms with van der Waals surface area (Å²) in [4.78, 5) is 60.1. The summed E-state index contributed by atoms with van der Waals surface area (Å²) in [6.07, 6.45) is 7.15. The molecule has 11 nitrogen and oxygen atoms in total. The third kappa shape index (κ3) is 7.28. The number of rotatable bonds is 8. The zero-order chi connectivity index (χ0) is 37.4. The molecule has 5 heterocycles. The van der Waals surface area contributed by atoms with Crippen molar-refractivity contribution in [1.82, 2.24) is 35.1 Å². The minimum absolute atomic E-state index is 0.0146. The summed E-state index contributed by atoms with van der Waals surface area (Å²) in [6, 6.07) is 13.3. The van der Waals surface area contributed by atoms with Crippen LogP contribution >= 0.6 is 0 Å². The molecular formula is C42H51N7O4. The van der Waals surface area contributed by atoms with Gasteiger partial charge >= 0.3 is 6.09 Å². The van der Waals surface area contributed by atoms with Gasteiger partial charge in [-0.1, -0.05) is 58.6 Å². The van der Waals surface area contributed by atoms with Gasteiger partial charge < -0.3 is 29.8 Å². The molecule has 3 aliphatic heterocycles. The Hall–Kier alpha value is -5.11. The fourth-order valence-electron chi connectivity index (χ4n) is 8.32. The number of nitrogens with one attached hydrogen (secondary N) is 3. The minimum atomic E-state index is -0.681. The van der Waals surface area contributed by atoms with Crippen molar-refractivity contribution in [3.05, 3.63) is 71.4 Å². The van der Waals surface area contributed by atoms with Gasteiger partial charge in [0.1, 0.15) is 17.7 Å². The second-order valence-electron chi connectivity index (χ2n) is 15.7. The first kappa shape index (κ1) is 36.3. The Bertz CT molecular complexity index is 2030. The minimum Gasteiger partial charge on any atom is -0.453 e. The molecule has 53 heavy (non-hydrogen) atoms. The highest BCUT2D eigenvalue weighted by Crippen LogP contribution is 2.47. The van der Waals surface area contributed by atoms with Crippen LogP contribution < -0.4 is 5.32 Å². The van der Waals surface area contributed by atoms with E-state index in [0.717, 1.165) is 90.1 Å². The molecule has 1 saturated carbocycles. The molecule has 2 aromatic heterocycles. The number of aromatic nitrogens is 4. The van der Waals surface area contributed by atoms with Gasteiger partial charge in [0, 0.05) is 29.6 Å². The van der Waals surface area contributed by atoms with Crippen molar-refractivity contribution in [2.75, 3.05) is 13.7 Å². The van der Waals surface area contributed by atoms with E-state index in [1.54, 1.807) is 0 Å². The van der Waals surface area contributed by atoms with Crippen molar-refractivity contribution >= 4 is 28.9 Å². The predicted molar refractivity (Wildman–Crippen MR) is 203 cm³/mol. The van der Waals surface area contributed by atoms with Crippen LogP contribution in [0.15, 0.2) is 48.7 Å². The summed E-state index contributed by atoms with van der Waals surface area (Å²) >= 11 is 0. The quantitative estimate of drug-likeness (QED) is 0.166. The van der Waals surface area contributed by atoms with E-state index >= 15 is 0 Å². The number of ether oxygens (including phenoxy) is 1. The molecule has 4 fully saturated rings. The number of methoxy groups -OCH3 is 1. The lowest BCUT2D eigenvalue weighted by Crippen LogP contribution is -2.59. The number of likely N-dealkylation sites (tertiary alicyclic amines) is 1. The smallest absolute Gasteiger partial charge is 0.407 e. The monoisotopic (exact) mass is 717 g/mol. The van der Waals surface area contributed by atoms with Gasteiger partial charge in [-0.25, -0.2) is 14.8 Å². The maximum atomic E-state index is 14.1. The van der Waals surface area contributed by atoms with E-state index in [9.17, 15) is 14.4 Å². The van der Waals surface area contributed by atoms with Crippen molar-refractivity contribution in [2.24, 2.45) is 23.7 Å². The first-order valence-electron chi connectivity index (χ1n) is 19.2. The van der Waals surface area contributed by atoms with Crippen LogP contribution in [-0.2, 0) is 14.3 Å². The number of piperidine rings is 2. The van der Waals surface area contributed by atoms with Crippen molar-refractivity contribution < 1.29 is 19.1 Å². The molecule has 0 radical (unpaired) electrons. The first-order chi connectivity index (χ1) is 25.5. The van der Waals surface area contributed by atoms with Crippen molar-refractivity contribution in [2.45, 2.75) is 97.3 Å². The van der Waals surface area contributed by atoms with Gasteiger partial charge in [-0.05, 0) is 92.2 Å². The van der Waals surface area contributed by atoms with E-state index in [1.165, 1.54) is 7.11 Å². The lowest BCUT2D eigenvalue weighted by Gasteiger charge is -2.51. The molecule has 4 aromatic rings. The van der Waals surface area contributed by atoms with Gasteiger partial charge in [-0.15, -0.1) is 0 Å². The molecule has 4 aliphatic rings. The van der Waals surface area contributed by atoms with E-state index < -0.39 is 12.1 Å². The number of carbonyl (C=O) groups excluding carboxylic acids is 3. The summed E-state index contributed by atoms with van der Waals surface area (Å²) < 4.78 is 4.84. The molecule has 2 bridgehead atoms. The highest BCUT2D eigenvalue weighted by Gasteiger charge is 2.48. The summed E-state index contributed by atoms with van der Waals surface area (Å²) in [5.41, 5.74) is 5.38. The largest absolute Gasteiger partial charge is 0.453 e. The highest BCUT2D eigenvalue weighted by atomic mass is 16.5. The number of hydrogen-bond donors (Lipinski definition) is 3. The van der Waals surface area contributed by atoms with Crippen molar-refractivity contribution in [1.29, 1.82) is 0 Å². The van der Waals surface area contributed by atoms with E-state index in [-0.39, 0.29) is 41.8 Å². The van der Waals surface area contributed by atoms with Crippen LogP contribution in [0.5, 0.6) is 0 Å². The normalized spacial score (nSPS) is 22.2. The number of nitrogens with zero attached hydrogens (tertiary/aromatic N) is 4. The second kappa shape index (κ2) is 15.1. The number of aromatic amines is 2. The number of fused-ring (bicyclic) bond motifs is 4. The van der Waals surface area contributed by atoms with Crippen LogP contribution in [0.4, 0.5) is 4.79 Å². The van der Waals surface area contributed by atoms with Crippen molar-refractivity contribution in [3.63, 3.8) is 0 Å². The average Bonchev–Trinajstić information content (AvgIpc) is 3.95. The summed E-state index contributed by atoms with van der Waals surface area (Å²) in [7, 11) is 1.31. The molecule has 0 unspecified atom stereocenters. The average molecular weight is 718 g/mol. The van der Waals surface area contributed by atoms with Gasteiger partial charge in [0.2, 0.25) is 11.8 Å². The van der Waals surface area contributed by atoms with Crippen LogP contribution in [0.25, 0.3) is 22.3 Å². The fraction of sp³-hybridized carbons (Fsp3) is 0.500. The fourth-order valence-corrected chi connectivity index (χ4v) is 8.32. The van der Waals surface area contributed by atoms with Crippen LogP contribution in [0.3, 0.4) is 0 Å². The van der Waals surface area contributed by atoms with Crippen LogP contribution in [0, 0.1) is 35.5 Å². The Balaban J connectivity index is 1.06. The third-order valence-corrected chi connectivity index (χ3v) is 11.7. The number of H-pyrrole nitrogens is 2. The molecular weight excluding hydrogens is 667 g/mol. The zero-order valence-corrected chi connectivity index (χ0v) is 31.6. The Morgan fingerprint density at radius 1 is 0.868 bits per heavy atom. The lowest BCUT2D eigenvalue weighted by atomic mass is 9.73. The molecule has 3 N–H and O–H groups in total. The number of benzene rings is 2. The Kier molecular flexibility index (Phi) is 10.3. The molecule has 3 saturated heterocycles. The van der Waals surface area contributed by atoms with E-state index in [4.69, 9.17) is 14.7 Å².